The van der Waals surface area contributed by atoms with Crippen LogP contribution in [0.3, 0.4) is 0 Å². The second-order valence-corrected chi connectivity index (χ2v) is 18.8. The van der Waals surface area contributed by atoms with Crippen molar-refractivity contribution in [3.05, 3.63) is 128 Å². The molecule has 8 rings (SSSR count). The topological polar surface area (TPSA) is 3.24 Å². The molecule has 0 fully saturated rings. The van der Waals surface area contributed by atoms with Crippen molar-refractivity contribution < 1.29 is 17.8 Å². The van der Waals surface area contributed by atoms with Crippen molar-refractivity contribution in [3.63, 3.8) is 0 Å². The molecule has 0 amide bonds. The second-order valence-electron chi connectivity index (χ2n) is 16.9. The molecule has 2 aliphatic rings. The largest absolute Gasteiger partial charge is 0.310 e. The van der Waals surface area contributed by atoms with E-state index in [9.17, 15) is 16.4 Å². The molecule has 1 unspecified atom stereocenters. The summed E-state index contributed by atoms with van der Waals surface area (Å²) in [6.45, 7) is 21.2. The number of anilines is 3. The van der Waals surface area contributed by atoms with Crippen LogP contribution in [0.4, 0.5) is 17.1 Å². The predicted octanol–water partition coefficient (Wildman–Crippen LogP) is 11.6. The van der Waals surface area contributed by atoms with Gasteiger partial charge in [-0.1, -0.05) is 105 Å². The Morgan fingerprint density at radius 1 is 0.620 bits per heavy atom. The third-order valence-corrected chi connectivity index (χ3v) is 11.9. The van der Waals surface area contributed by atoms with Gasteiger partial charge < -0.3 is 4.90 Å². The van der Waals surface area contributed by atoms with Gasteiger partial charge in [0.05, 0.1) is 23.5 Å². The predicted molar refractivity (Wildman–Crippen MR) is 223 cm³/mol. The van der Waals surface area contributed by atoms with Gasteiger partial charge in [-0.2, -0.15) is 11.3 Å². The summed E-state index contributed by atoms with van der Waals surface area (Å²) in [7, 11) is 0. The van der Waals surface area contributed by atoms with Crippen LogP contribution in [0.1, 0.15) is 136 Å². The van der Waals surface area contributed by atoms with Gasteiger partial charge in [0.1, 0.15) is 0 Å². The van der Waals surface area contributed by atoms with Crippen molar-refractivity contribution in [1.82, 2.24) is 0 Å². The summed E-state index contributed by atoms with van der Waals surface area (Å²) in [5.74, 6) is -1.08. The summed E-state index contributed by atoms with van der Waals surface area (Å²) >= 11 is 2.25. The van der Waals surface area contributed by atoms with Gasteiger partial charge in [-0.15, -0.1) is 11.3 Å². The molecule has 0 saturated heterocycles. The third-order valence-electron chi connectivity index (χ3n) is 9.87. The maximum atomic E-state index is 10.0. The molecule has 4 heteroatoms. The van der Waals surface area contributed by atoms with Gasteiger partial charge in [0.2, 0.25) is 0 Å². The highest BCUT2D eigenvalue weighted by molar-refractivity contribution is 7.37. The lowest BCUT2D eigenvalue weighted by molar-refractivity contribution is 0.589. The Kier molecular flexibility index (Phi) is 4.86. The molecule has 0 aliphatic carbocycles. The molecule has 6 aromatic rings. The molecule has 0 radical (unpaired) electrons. The molecule has 0 saturated carbocycles. The summed E-state index contributed by atoms with van der Waals surface area (Å²) in [5, 5.41) is 0.274. The maximum absolute atomic E-state index is 10.0. The second kappa shape index (κ2) is 11.2. The Morgan fingerprint density at radius 3 is 1.92 bits per heavy atom. The molecule has 0 bridgehead atoms. The quantitative estimate of drug-likeness (QED) is 0.162. The molecule has 50 heavy (non-hydrogen) atoms. The van der Waals surface area contributed by atoms with Crippen LogP contribution in [0, 0.1) is 20.8 Å². The summed E-state index contributed by atoms with van der Waals surface area (Å²) < 4.78 is 126. The highest BCUT2D eigenvalue weighted by atomic mass is 32.1. The molecule has 2 aromatic heterocycles. The van der Waals surface area contributed by atoms with Gasteiger partial charge in [0.25, 0.3) is 6.71 Å². The van der Waals surface area contributed by atoms with Gasteiger partial charge in [-0.05, 0) is 138 Å². The fourth-order valence-electron chi connectivity index (χ4n) is 7.21. The minimum atomic E-state index is -1.08. The summed E-state index contributed by atoms with van der Waals surface area (Å²) in [6.07, 6.45) is 0. The number of nitrogens with zero attached hydrogens (tertiary/aromatic N) is 1. The smallest absolute Gasteiger partial charge is 0.272 e. The monoisotopic (exact) mass is 704 g/mol. The van der Waals surface area contributed by atoms with Crippen molar-refractivity contribution >= 4 is 71.6 Å². The first-order valence-electron chi connectivity index (χ1n) is 23.7. The Labute approximate surface area is 326 Å². The van der Waals surface area contributed by atoms with Crippen LogP contribution in [0.25, 0.3) is 10.1 Å². The Balaban J connectivity index is 1.66. The van der Waals surface area contributed by atoms with E-state index >= 15 is 0 Å². The van der Waals surface area contributed by atoms with E-state index in [1.807, 2.05) is 62.3 Å². The summed E-state index contributed by atoms with van der Waals surface area (Å²) in [4.78, 5) is 1.58. The van der Waals surface area contributed by atoms with E-state index in [2.05, 4.69) is 0 Å². The Morgan fingerprint density at radius 2 is 1.24 bits per heavy atom. The highest BCUT2D eigenvalue weighted by Gasteiger charge is 2.47. The zero-order valence-corrected chi connectivity index (χ0v) is 32.6. The lowest BCUT2D eigenvalue weighted by Crippen LogP contribution is -2.60. The number of hydrogen-bond donors (Lipinski definition) is 0. The minimum Gasteiger partial charge on any atom is -0.310 e. The fourth-order valence-corrected chi connectivity index (χ4v) is 9.40. The number of fused-ring (bicyclic) bond motifs is 6. The van der Waals surface area contributed by atoms with Crippen LogP contribution in [0.15, 0.2) is 77.9 Å². The SMILES string of the molecule is [2H]c1sc2c(c1[2H])N(c1c([2H])c([2H])c(C(C)(C)C)c([2H])c1C)c1c([2H])c(C)c([2H])c3c1B2c1sc2c([2H])c([2H])c(C(C)(C)C)c([2H])c2c1C3c1c([2H])c([2H])c(C(C)(C)C)c([2H])c1C. The van der Waals surface area contributed by atoms with Crippen LogP contribution < -0.4 is 19.9 Å². The lowest BCUT2D eigenvalue weighted by Gasteiger charge is -2.41. The molecule has 0 N–H and O–H groups in total. The van der Waals surface area contributed by atoms with E-state index in [0.717, 1.165) is 11.3 Å². The summed E-state index contributed by atoms with van der Waals surface area (Å²) in [6, 6.07) is -1.02. The molecule has 1 atom stereocenters. The van der Waals surface area contributed by atoms with Crippen molar-refractivity contribution in [2.75, 3.05) is 4.90 Å². The molecule has 1 nitrogen and oxygen atoms in total. The van der Waals surface area contributed by atoms with Crippen molar-refractivity contribution in [2.45, 2.75) is 105 Å². The van der Waals surface area contributed by atoms with Crippen LogP contribution >= 0.6 is 22.7 Å². The Hall–Kier alpha value is -3.60. The van der Waals surface area contributed by atoms with Crippen molar-refractivity contribution in [1.29, 1.82) is 0 Å². The standard InChI is InChI=1S/C46H50BNS2/c1-26-21-34-39(32-16-13-29(23-27(32)2)44(4,5)6)40-33-25-31(46(10,11)12)15-18-38(33)50-43(40)47-41(34)37(22-26)48(36-19-20-49-42(36)47)35-17-14-30(24-28(35)3)45(7,8)9/h13-25,39H,1-12H3/i13D,14D,15D,16D,17D,18D,19D,20D,21D,22D,23D,24D,25D. The number of rotatable bonds is 2. The number of benzene rings is 4. The molecule has 0 spiro atoms. The van der Waals surface area contributed by atoms with E-state index in [4.69, 9.17) is 1.37 Å². The van der Waals surface area contributed by atoms with Gasteiger partial charge in [-0.3, -0.25) is 0 Å². The number of thiophene rings is 2. The van der Waals surface area contributed by atoms with Gasteiger partial charge in [0, 0.05) is 26.8 Å². The van der Waals surface area contributed by atoms with Crippen molar-refractivity contribution in [3.8, 4) is 0 Å². The third kappa shape index (κ3) is 5.15. The zero-order valence-electron chi connectivity index (χ0n) is 43.9. The minimum absolute atomic E-state index is 0.0308. The van der Waals surface area contributed by atoms with Crippen molar-refractivity contribution in [2.24, 2.45) is 0 Å². The van der Waals surface area contributed by atoms with E-state index in [1.165, 1.54) is 11.3 Å². The highest BCUT2D eigenvalue weighted by Crippen LogP contribution is 2.48. The first-order chi connectivity index (χ1) is 28.9. The molecule has 2 aliphatic heterocycles. The molecule has 4 aromatic carbocycles. The van der Waals surface area contributed by atoms with Crippen LogP contribution in [0.2, 0.25) is 0 Å². The molecular weight excluding hydrogens is 641 g/mol. The van der Waals surface area contributed by atoms with Gasteiger partial charge in [-0.25, -0.2) is 0 Å². The van der Waals surface area contributed by atoms with Gasteiger partial charge in [0.15, 0.2) is 0 Å². The first-order valence-corrected chi connectivity index (χ1v) is 18.9. The Bertz CT molecular complexity index is 3000. The van der Waals surface area contributed by atoms with Gasteiger partial charge >= 0.3 is 0 Å². The maximum Gasteiger partial charge on any atom is 0.272 e. The molecule has 254 valence electrons. The zero-order chi connectivity index (χ0) is 47.0. The van der Waals surface area contributed by atoms with E-state index in [0.29, 0.717) is 64.0 Å². The van der Waals surface area contributed by atoms with Crippen LogP contribution in [0.5, 0.6) is 0 Å². The molecule has 4 heterocycles. The first kappa shape index (κ1) is 21.7. The van der Waals surface area contributed by atoms with Crippen LogP contribution in [-0.4, -0.2) is 6.71 Å². The fraction of sp³-hybridized carbons (Fsp3) is 0.348. The average Bonchev–Trinajstić information content (AvgIpc) is 3.70. The van der Waals surface area contributed by atoms with Crippen LogP contribution in [-0.2, 0) is 16.2 Å². The number of hydrogen-bond acceptors (Lipinski definition) is 3. The molecular formula is C46H50BNS2. The normalized spacial score (nSPS) is 19.4. The van der Waals surface area contributed by atoms with E-state index < -0.39 is 28.9 Å². The van der Waals surface area contributed by atoms with E-state index in [1.54, 1.807) is 25.7 Å². The van der Waals surface area contributed by atoms with E-state index in [-0.39, 0.29) is 106 Å². The summed E-state index contributed by atoms with van der Waals surface area (Å²) in [5.41, 5.74) is 2.12. The lowest BCUT2D eigenvalue weighted by atomic mass is 9.36. The average molecular weight is 705 g/mol.